The first-order valence-electron chi connectivity index (χ1n) is 8.61. The van der Waals surface area contributed by atoms with Gasteiger partial charge in [0.2, 0.25) is 0 Å². The standard InChI is InChI=1S/C21H17NO5S2/c1-25-16-9-5-14(6-10-16)19-20(15-7-11-17(26-2)12-8-15)27-21(22-19)29(23,24)18-4-3-13-28-18/h3-13H,1-2H3. The Bertz CT molecular complexity index is 1140. The fourth-order valence-corrected chi connectivity index (χ4v) is 4.97. The lowest BCUT2D eigenvalue weighted by Crippen LogP contribution is -1.99. The molecular formula is C21H17NO5S2. The van der Waals surface area contributed by atoms with Crippen LogP contribution in [0, 0.1) is 0 Å². The van der Waals surface area contributed by atoms with Gasteiger partial charge in [0, 0.05) is 11.1 Å². The summed E-state index contributed by atoms with van der Waals surface area (Å²) in [6.45, 7) is 0. The number of aromatic nitrogens is 1. The number of hydrogen-bond donors (Lipinski definition) is 0. The fourth-order valence-electron chi connectivity index (χ4n) is 2.80. The first-order valence-corrected chi connectivity index (χ1v) is 11.0. The van der Waals surface area contributed by atoms with Crippen molar-refractivity contribution in [3.05, 3.63) is 66.0 Å². The molecule has 4 aromatic rings. The maximum absolute atomic E-state index is 12.9. The lowest BCUT2D eigenvalue weighted by molar-refractivity contribution is 0.414. The molecule has 2 heterocycles. The lowest BCUT2D eigenvalue weighted by Gasteiger charge is -2.04. The monoisotopic (exact) mass is 427 g/mol. The van der Waals surface area contributed by atoms with E-state index in [4.69, 9.17) is 13.9 Å². The van der Waals surface area contributed by atoms with Crippen molar-refractivity contribution < 1.29 is 22.3 Å². The van der Waals surface area contributed by atoms with Crippen molar-refractivity contribution in [1.82, 2.24) is 4.98 Å². The van der Waals surface area contributed by atoms with Gasteiger partial charge in [-0.2, -0.15) is 4.98 Å². The number of nitrogens with zero attached hydrogens (tertiary/aromatic N) is 1. The Balaban J connectivity index is 1.88. The second kappa shape index (κ2) is 7.73. The van der Waals surface area contributed by atoms with Crippen LogP contribution in [0.3, 0.4) is 0 Å². The van der Waals surface area contributed by atoms with Crippen LogP contribution in [0.4, 0.5) is 0 Å². The van der Waals surface area contributed by atoms with Crippen LogP contribution >= 0.6 is 11.3 Å². The third-order valence-corrected chi connectivity index (χ3v) is 7.22. The first kappa shape index (κ1) is 19.2. The molecular weight excluding hydrogens is 410 g/mol. The van der Waals surface area contributed by atoms with E-state index in [-0.39, 0.29) is 9.43 Å². The predicted octanol–water partition coefficient (Wildman–Crippen LogP) is 4.92. The van der Waals surface area contributed by atoms with E-state index in [1.807, 2.05) is 12.1 Å². The summed E-state index contributed by atoms with van der Waals surface area (Å²) in [5.74, 6) is 1.74. The highest BCUT2D eigenvalue weighted by atomic mass is 32.2. The molecule has 0 saturated carbocycles. The van der Waals surface area contributed by atoms with Crippen LogP contribution in [-0.2, 0) is 9.84 Å². The number of oxazole rings is 1. The molecule has 6 nitrogen and oxygen atoms in total. The molecule has 148 valence electrons. The number of ether oxygens (including phenoxy) is 2. The molecule has 0 radical (unpaired) electrons. The zero-order valence-electron chi connectivity index (χ0n) is 15.7. The number of methoxy groups -OCH3 is 2. The summed E-state index contributed by atoms with van der Waals surface area (Å²) in [7, 11) is -0.683. The summed E-state index contributed by atoms with van der Waals surface area (Å²) in [6, 6.07) is 17.6. The van der Waals surface area contributed by atoms with Gasteiger partial charge in [0.05, 0.1) is 14.2 Å². The summed E-state index contributed by atoms with van der Waals surface area (Å²) in [5.41, 5.74) is 1.85. The van der Waals surface area contributed by atoms with Gasteiger partial charge in [0.15, 0.2) is 5.76 Å². The van der Waals surface area contributed by atoms with E-state index < -0.39 is 9.84 Å². The van der Waals surface area contributed by atoms with Gasteiger partial charge in [-0.15, -0.1) is 11.3 Å². The van der Waals surface area contributed by atoms with Crippen LogP contribution < -0.4 is 9.47 Å². The molecule has 0 N–H and O–H groups in total. The quantitative estimate of drug-likeness (QED) is 0.435. The maximum Gasteiger partial charge on any atom is 0.321 e. The second-order valence-electron chi connectivity index (χ2n) is 6.05. The first-order chi connectivity index (χ1) is 14.0. The Morgan fingerprint density at radius 3 is 1.97 bits per heavy atom. The van der Waals surface area contributed by atoms with Gasteiger partial charge in [-0.3, -0.25) is 0 Å². The predicted molar refractivity (Wildman–Crippen MR) is 110 cm³/mol. The molecule has 0 aliphatic rings. The minimum atomic E-state index is -3.85. The Morgan fingerprint density at radius 1 is 0.862 bits per heavy atom. The lowest BCUT2D eigenvalue weighted by atomic mass is 10.1. The molecule has 0 amide bonds. The Kier molecular flexibility index (Phi) is 5.12. The number of benzene rings is 2. The van der Waals surface area contributed by atoms with Crippen LogP contribution in [0.5, 0.6) is 11.5 Å². The maximum atomic E-state index is 12.9. The SMILES string of the molecule is COc1ccc(-c2nc(S(=O)(=O)c3cccs3)oc2-c2ccc(OC)cc2)cc1. The summed E-state index contributed by atoms with van der Waals surface area (Å²) in [5, 5.41) is 1.36. The Hall–Kier alpha value is -3.10. The summed E-state index contributed by atoms with van der Waals surface area (Å²) in [4.78, 5) is 4.36. The van der Waals surface area contributed by atoms with Crippen LogP contribution in [0.25, 0.3) is 22.6 Å². The van der Waals surface area contributed by atoms with E-state index >= 15 is 0 Å². The topological polar surface area (TPSA) is 78.6 Å². The highest BCUT2D eigenvalue weighted by molar-refractivity contribution is 7.93. The van der Waals surface area contributed by atoms with Crippen molar-refractivity contribution in [2.75, 3.05) is 14.2 Å². The van der Waals surface area contributed by atoms with Crippen LogP contribution in [0.2, 0.25) is 0 Å². The van der Waals surface area contributed by atoms with Crippen molar-refractivity contribution in [2.24, 2.45) is 0 Å². The van der Waals surface area contributed by atoms with E-state index in [2.05, 4.69) is 4.98 Å². The average molecular weight is 428 g/mol. The molecule has 8 heteroatoms. The van der Waals surface area contributed by atoms with Gasteiger partial charge >= 0.3 is 5.22 Å². The van der Waals surface area contributed by atoms with Crippen LogP contribution in [-0.4, -0.2) is 27.6 Å². The van der Waals surface area contributed by atoms with Gasteiger partial charge in [0.1, 0.15) is 21.4 Å². The van der Waals surface area contributed by atoms with Gasteiger partial charge < -0.3 is 13.9 Å². The fraction of sp³-hybridized carbons (Fsp3) is 0.0952. The molecule has 2 aromatic carbocycles. The molecule has 0 aliphatic carbocycles. The zero-order valence-corrected chi connectivity index (χ0v) is 17.3. The van der Waals surface area contributed by atoms with E-state index in [1.165, 1.54) is 6.07 Å². The largest absolute Gasteiger partial charge is 0.497 e. The molecule has 0 spiro atoms. The molecule has 0 fully saturated rings. The summed E-state index contributed by atoms with van der Waals surface area (Å²) >= 11 is 1.12. The van der Waals surface area contributed by atoms with Crippen LogP contribution in [0.15, 0.2) is 79.9 Å². The molecule has 0 atom stereocenters. The Labute approximate surface area is 172 Å². The molecule has 0 aliphatic heterocycles. The van der Waals surface area contributed by atoms with Crippen molar-refractivity contribution in [2.45, 2.75) is 9.43 Å². The van der Waals surface area contributed by atoms with Gasteiger partial charge in [-0.25, -0.2) is 8.42 Å². The Morgan fingerprint density at radius 2 is 1.45 bits per heavy atom. The number of hydrogen-bond acceptors (Lipinski definition) is 7. The molecule has 29 heavy (non-hydrogen) atoms. The van der Waals surface area contributed by atoms with E-state index in [9.17, 15) is 8.42 Å². The van der Waals surface area contributed by atoms with Crippen molar-refractivity contribution in [3.8, 4) is 34.1 Å². The summed E-state index contributed by atoms with van der Waals surface area (Å²) in [6.07, 6.45) is 0. The normalized spacial score (nSPS) is 11.4. The molecule has 2 aromatic heterocycles. The zero-order chi connectivity index (χ0) is 20.4. The number of sulfone groups is 1. The van der Waals surface area contributed by atoms with Crippen molar-refractivity contribution in [3.63, 3.8) is 0 Å². The molecule has 4 rings (SSSR count). The van der Waals surface area contributed by atoms with E-state index in [0.29, 0.717) is 34.1 Å². The van der Waals surface area contributed by atoms with Gasteiger partial charge in [-0.1, -0.05) is 6.07 Å². The van der Waals surface area contributed by atoms with Gasteiger partial charge in [0.25, 0.3) is 9.84 Å². The van der Waals surface area contributed by atoms with E-state index in [0.717, 1.165) is 11.3 Å². The van der Waals surface area contributed by atoms with Crippen molar-refractivity contribution >= 4 is 21.2 Å². The smallest absolute Gasteiger partial charge is 0.321 e. The van der Waals surface area contributed by atoms with Crippen molar-refractivity contribution in [1.29, 1.82) is 0 Å². The van der Waals surface area contributed by atoms with Gasteiger partial charge in [-0.05, 0) is 60.0 Å². The third-order valence-electron chi connectivity index (χ3n) is 4.31. The highest BCUT2D eigenvalue weighted by Gasteiger charge is 2.28. The molecule has 0 bridgehead atoms. The summed E-state index contributed by atoms with van der Waals surface area (Å²) < 4.78 is 42.3. The number of rotatable bonds is 6. The molecule has 0 unspecified atom stereocenters. The van der Waals surface area contributed by atoms with Crippen LogP contribution in [0.1, 0.15) is 0 Å². The highest BCUT2D eigenvalue weighted by Crippen LogP contribution is 2.37. The minimum Gasteiger partial charge on any atom is -0.497 e. The van der Waals surface area contributed by atoms with E-state index in [1.54, 1.807) is 62.1 Å². The average Bonchev–Trinajstić information content (AvgIpc) is 3.45. The minimum absolute atomic E-state index is 0.182. The molecule has 0 saturated heterocycles. The third kappa shape index (κ3) is 3.64. The number of thiophene rings is 1. The second-order valence-corrected chi connectivity index (χ2v) is 9.05.